The summed E-state index contributed by atoms with van der Waals surface area (Å²) in [6.45, 7) is 2.53. The van der Waals surface area contributed by atoms with Crippen LogP contribution in [-0.4, -0.2) is 140 Å². The Hall–Kier alpha value is -3.61. The second-order valence-corrected chi connectivity index (χ2v) is 17.5. The van der Waals surface area contributed by atoms with E-state index in [4.69, 9.17) is 18.9 Å². The van der Waals surface area contributed by atoms with E-state index in [1.54, 1.807) is 6.08 Å². The highest BCUT2D eigenvalue weighted by molar-refractivity contribution is 5.76. The maximum atomic E-state index is 13.2. The number of ether oxygens (including phenoxy) is 4. The summed E-state index contributed by atoms with van der Waals surface area (Å²) in [7, 11) is 0. The number of rotatable bonds is 37. The number of amides is 1. The number of nitrogens with one attached hydrogen (secondary N) is 1. The first-order chi connectivity index (χ1) is 34.1. The monoisotopic (exact) mass is 984 g/mol. The van der Waals surface area contributed by atoms with Gasteiger partial charge in [-0.05, 0) is 96.3 Å². The molecule has 2 rings (SSSR count). The summed E-state index contributed by atoms with van der Waals surface area (Å²) in [5.41, 5.74) is 0. The Morgan fingerprint density at radius 1 is 0.529 bits per heavy atom. The number of carbonyl (C=O) groups excluding carboxylic acids is 1. The quantitative estimate of drug-likeness (QED) is 0.0224. The van der Waals surface area contributed by atoms with E-state index in [1.807, 2.05) is 12.2 Å². The average molecular weight is 984 g/mol. The van der Waals surface area contributed by atoms with Crippen LogP contribution in [0, 0.1) is 0 Å². The Morgan fingerprint density at radius 2 is 0.986 bits per heavy atom. The van der Waals surface area contributed by atoms with Gasteiger partial charge >= 0.3 is 0 Å². The van der Waals surface area contributed by atoms with Gasteiger partial charge in [-0.25, -0.2) is 0 Å². The van der Waals surface area contributed by atoms with Crippen LogP contribution in [0.5, 0.6) is 0 Å². The first-order valence-electron chi connectivity index (χ1n) is 25.8. The zero-order valence-corrected chi connectivity index (χ0v) is 41.9. The van der Waals surface area contributed by atoms with E-state index < -0.39 is 86.8 Å². The van der Waals surface area contributed by atoms with Crippen molar-refractivity contribution in [2.24, 2.45) is 0 Å². The molecule has 2 heterocycles. The Bertz CT molecular complexity index is 1630. The number of hydrogen-bond acceptors (Lipinski definition) is 13. The van der Waals surface area contributed by atoms with Gasteiger partial charge in [0.05, 0.1) is 32.0 Å². The van der Waals surface area contributed by atoms with Crippen LogP contribution in [0.2, 0.25) is 0 Å². The Kier molecular flexibility index (Phi) is 36.5. The number of aliphatic hydroxyl groups excluding tert-OH is 8. The molecule has 0 aromatic rings. The molecule has 1 amide bonds. The highest BCUT2D eigenvalue weighted by atomic mass is 16.7. The smallest absolute Gasteiger partial charge is 0.220 e. The molecule has 0 aromatic heterocycles. The van der Waals surface area contributed by atoms with Crippen molar-refractivity contribution >= 4 is 5.91 Å². The van der Waals surface area contributed by atoms with Crippen LogP contribution in [-0.2, 0) is 23.7 Å². The van der Waals surface area contributed by atoms with Gasteiger partial charge in [-0.2, -0.15) is 0 Å². The van der Waals surface area contributed by atoms with E-state index in [2.05, 4.69) is 122 Å². The largest absolute Gasteiger partial charge is 0.394 e. The number of aliphatic hydroxyl groups is 8. The minimum Gasteiger partial charge on any atom is -0.394 e. The van der Waals surface area contributed by atoms with Crippen molar-refractivity contribution in [2.75, 3.05) is 19.8 Å². The van der Waals surface area contributed by atoms with Gasteiger partial charge in [0, 0.05) is 6.42 Å². The molecule has 12 unspecified atom stereocenters. The van der Waals surface area contributed by atoms with Crippen LogP contribution < -0.4 is 5.32 Å². The van der Waals surface area contributed by atoms with E-state index in [0.717, 1.165) is 70.6 Å². The van der Waals surface area contributed by atoms with Crippen LogP contribution in [0.15, 0.2) is 122 Å². The zero-order valence-electron chi connectivity index (χ0n) is 41.9. The lowest BCUT2D eigenvalue weighted by Crippen LogP contribution is -2.65. The molecule has 0 radical (unpaired) electrons. The number of unbranched alkanes of at least 4 members (excludes halogenated alkanes) is 6. The lowest BCUT2D eigenvalue weighted by atomic mass is 9.97. The fourth-order valence-corrected chi connectivity index (χ4v) is 7.43. The van der Waals surface area contributed by atoms with Gasteiger partial charge in [-0.1, -0.05) is 148 Å². The average Bonchev–Trinajstić information content (AvgIpc) is 3.36. The zero-order chi connectivity index (χ0) is 51.0. The van der Waals surface area contributed by atoms with Gasteiger partial charge in [0.2, 0.25) is 5.91 Å². The molecule has 2 aliphatic rings. The first kappa shape index (κ1) is 62.5. The van der Waals surface area contributed by atoms with E-state index >= 15 is 0 Å². The highest BCUT2D eigenvalue weighted by Gasteiger charge is 2.51. The molecule has 396 valence electrons. The second-order valence-electron chi connectivity index (χ2n) is 17.5. The van der Waals surface area contributed by atoms with Crippen molar-refractivity contribution < 1.29 is 64.6 Å². The Balaban J connectivity index is 1.87. The lowest BCUT2D eigenvalue weighted by Gasteiger charge is -2.46. The second kappa shape index (κ2) is 40.9. The fourth-order valence-electron chi connectivity index (χ4n) is 7.43. The summed E-state index contributed by atoms with van der Waals surface area (Å²) >= 11 is 0. The SMILES string of the molecule is CC/C=C\C/C=C\C/C=C\C/C=C\C/C=C\C/C=C\C/C=C\CCCC(=O)NC(COC1OC(CO)C(OC2OC(CO)C(O)C(O)C2O)C(O)C1O)C(O)/C=C/CC/C=C/CC/C=C/CCCCC. The summed E-state index contributed by atoms with van der Waals surface area (Å²) in [6.07, 6.45) is 41.0. The third kappa shape index (κ3) is 27.3. The van der Waals surface area contributed by atoms with Crippen LogP contribution in [0.4, 0.5) is 0 Å². The van der Waals surface area contributed by atoms with Crippen LogP contribution in [0.1, 0.15) is 129 Å². The first-order valence-corrected chi connectivity index (χ1v) is 25.8. The molecule has 9 N–H and O–H groups in total. The van der Waals surface area contributed by atoms with Crippen molar-refractivity contribution in [3.8, 4) is 0 Å². The van der Waals surface area contributed by atoms with Crippen molar-refractivity contribution in [1.29, 1.82) is 0 Å². The molecule has 2 saturated heterocycles. The molecular formula is C56H89NO13. The normalized spacial score (nSPS) is 27.0. The molecule has 0 spiro atoms. The maximum absolute atomic E-state index is 13.2. The minimum absolute atomic E-state index is 0.181. The summed E-state index contributed by atoms with van der Waals surface area (Å²) in [5.74, 6) is -0.319. The number of hydrogen-bond donors (Lipinski definition) is 9. The van der Waals surface area contributed by atoms with E-state index in [9.17, 15) is 45.6 Å². The number of allylic oxidation sites excluding steroid dienone is 19. The van der Waals surface area contributed by atoms with Crippen LogP contribution in [0.25, 0.3) is 0 Å². The topological polar surface area (TPSA) is 228 Å². The third-order valence-corrected chi connectivity index (χ3v) is 11.6. The maximum Gasteiger partial charge on any atom is 0.220 e. The van der Waals surface area contributed by atoms with Gasteiger partial charge < -0.3 is 65.1 Å². The molecular weight excluding hydrogens is 895 g/mol. The summed E-state index contributed by atoms with van der Waals surface area (Å²) in [5, 5.41) is 86.6. The van der Waals surface area contributed by atoms with E-state index in [-0.39, 0.29) is 18.9 Å². The van der Waals surface area contributed by atoms with Crippen molar-refractivity contribution in [1.82, 2.24) is 5.32 Å². The molecule has 0 saturated carbocycles. The Labute approximate surface area is 418 Å². The highest BCUT2D eigenvalue weighted by Crippen LogP contribution is 2.30. The standard InChI is InChI=1S/C56H89NO13/c1-3-5-7-9-11-13-15-17-18-19-20-21-22-23-24-25-26-28-30-32-34-36-38-40-48(61)57-44(45(60)39-37-35-33-31-29-27-16-14-12-10-8-6-4-2)43-67-55-53(66)51(64)54(47(42-59)69-55)70-56-52(65)50(63)49(62)46(41-58)68-56/h5,7,11-14,17-18,20-21,23-24,26,28-29,31-32,34,37,39,44-47,49-56,58-60,62-66H,3-4,6,8-10,15-16,19,22,25,27,30,33,35-36,38,40-43H2,1-2H3,(H,57,61)/b7-5-,13-11-,14-12+,18-17-,21-20-,24-23-,28-26-,31-29+,34-32-,39-37+. The minimum atomic E-state index is -1.80. The van der Waals surface area contributed by atoms with Crippen LogP contribution in [0.3, 0.4) is 0 Å². The van der Waals surface area contributed by atoms with Gasteiger partial charge in [0.1, 0.15) is 48.8 Å². The molecule has 2 fully saturated rings. The van der Waals surface area contributed by atoms with Gasteiger partial charge in [-0.3, -0.25) is 4.79 Å². The van der Waals surface area contributed by atoms with Crippen molar-refractivity contribution in [2.45, 2.75) is 203 Å². The Morgan fingerprint density at radius 3 is 1.51 bits per heavy atom. The van der Waals surface area contributed by atoms with Gasteiger partial charge in [-0.15, -0.1) is 0 Å². The molecule has 0 aromatic carbocycles. The van der Waals surface area contributed by atoms with E-state index in [1.165, 1.54) is 19.3 Å². The van der Waals surface area contributed by atoms with Gasteiger partial charge in [0.25, 0.3) is 0 Å². The predicted molar refractivity (Wildman–Crippen MR) is 276 cm³/mol. The van der Waals surface area contributed by atoms with Crippen molar-refractivity contribution in [3.63, 3.8) is 0 Å². The molecule has 12 atom stereocenters. The summed E-state index contributed by atoms with van der Waals surface area (Å²) < 4.78 is 22.6. The lowest BCUT2D eigenvalue weighted by molar-refractivity contribution is -0.359. The van der Waals surface area contributed by atoms with Gasteiger partial charge in [0.15, 0.2) is 12.6 Å². The third-order valence-electron chi connectivity index (χ3n) is 11.6. The molecule has 14 heteroatoms. The predicted octanol–water partition coefficient (Wildman–Crippen LogP) is 7.10. The van der Waals surface area contributed by atoms with Crippen molar-refractivity contribution in [3.05, 3.63) is 122 Å². The molecule has 70 heavy (non-hydrogen) atoms. The summed E-state index contributed by atoms with van der Waals surface area (Å²) in [6, 6.07) is -0.976. The van der Waals surface area contributed by atoms with E-state index in [0.29, 0.717) is 19.3 Å². The number of carbonyl (C=O) groups is 1. The molecule has 2 aliphatic heterocycles. The molecule has 14 nitrogen and oxygen atoms in total. The van der Waals surface area contributed by atoms with Crippen LogP contribution >= 0.6 is 0 Å². The summed E-state index contributed by atoms with van der Waals surface area (Å²) in [4.78, 5) is 13.2. The fraction of sp³-hybridized carbons (Fsp3) is 0.625. The molecule has 0 aliphatic carbocycles. The molecule has 0 bridgehead atoms.